The zero-order valence-corrected chi connectivity index (χ0v) is 11.0. The fourth-order valence-corrected chi connectivity index (χ4v) is 1.46. The summed E-state index contributed by atoms with van der Waals surface area (Å²) in [6, 6.07) is 3.00. The monoisotopic (exact) mass is 265 g/mol. The molecule has 19 heavy (non-hydrogen) atoms. The van der Waals surface area contributed by atoms with E-state index < -0.39 is 0 Å². The number of pyridine rings is 1. The van der Waals surface area contributed by atoms with Crippen LogP contribution in [0.15, 0.2) is 35.8 Å². The van der Waals surface area contributed by atoms with Crippen LogP contribution in [-0.2, 0) is 16.1 Å². The molecule has 1 aromatic heterocycles. The summed E-state index contributed by atoms with van der Waals surface area (Å²) in [6.07, 6.45) is 3.28. The third kappa shape index (κ3) is 5.50. The first-order valence-electron chi connectivity index (χ1n) is 5.98. The molecule has 0 bridgehead atoms. The molecule has 0 radical (unpaired) electrons. The van der Waals surface area contributed by atoms with Crippen molar-refractivity contribution in [1.29, 1.82) is 0 Å². The highest BCUT2D eigenvalue weighted by atomic mass is 16.5. The molecule has 2 N–H and O–H groups in total. The van der Waals surface area contributed by atoms with Gasteiger partial charge in [0.2, 0.25) is 5.91 Å². The second-order valence-corrected chi connectivity index (χ2v) is 3.91. The molecule has 0 saturated heterocycles. The number of carbonyl (C=O) groups is 1. The smallest absolute Gasteiger partial charge is 0.250 e. The van der Waals surface area contributed by atoms with Gasteiger partial charge in [0.15, 0.2) is 0 Å². The number of ether oxygens (including phenoxy) is 1. The summed E-state index contributed by atoms with van der Waals surface area (Å²) in [5.41, 5.74) is 0.459. The second-order valence-electron chi connectivity index (χ2n) is 3.91. The van der Waals surface area contributed by atoms with Gasteiger partial charge in [-0.1, -0.05) is 6.08 Å². The van der Waals surface area contributed by atoms with E-state index in [-0.39, 0.29) is 18.0 Å². The number of nitrogens with zero attached hydrogens (tertiary/aromatic N) is 1. The van der Waals surface area contributed by atoms with E-state index in [0.717, 1.165) is 0 Å². The second kappa shape index (κ2) is 8.23. The van der Waals surface area contributed by atoms with Crippen molar-refractivity contribution in [3.05, 3.63) is 41.3 Å². The van der Waals surface area contributed by atoms with E-state index in [2.05, 4.69) is 17.2 Å². The Labute approximate surface area is 112 Å². The molecule has 0 aromatic carbocycles. The molecule has 1 aromatic rings. The SMILES string of the molecule is C=CCNCC(=O)Nc1ccc(=O)n(CCOC)c1. The molecule has 0 spiro atoms. The summed E-state index contributed by atoms with van der Waals surface area (Å²) in [7, 11) is 1.57. The van der Waals surface area contributed by atoms with Gasteiger partial charge in [0.05, 0.1) is 18.8 Å². The number of nitrogens with one attached hydrogen (secondary N) is 2. The van der Waals surface area contributed by atoms with Crippen molar-refractivity contribution in [2.24, 2.45) is 0 Å². The quantitative estimate of drug-likeness (QED) is 0.520. The van der Waals surface area contributed by atoms with E-state index in [4.69, 9.17) is 4.74 Å². The predicted octanol–water partition coefficient (Wildman–Crippen LogP) is 0.209. The average molecular weight is 265 g/mol. The van der Waals surface area contributed by atoms with Gasteiger partial charge < -0.3 is 19.9 Å². The molecule has 1 rings (SSSR count). The first-order valence-corrected chi connectivity index (χ1v) is 5.98. The fourth-order valence-electron chi connectivity index (χ4n) is 1.46. The summed E-state index contributed by atoms with van der Waals surface area (Å²) >= 11 is 0. The molecule has 0 atom stereocenters. The Kier molecular flexibility index (Phi) is 6.56. The topological polar surface area (TPSA) is 72.4 Å². The highest BCUT2D eigenvalue weighted by molar-refractivity contribution is 5.92. The molecular weight excluding hydrogens is 246 g/mol. The van der Waals surface area contributed by atoms with E-state index in [1.165, 1.54) is 10.6 Å². The Balaban J connectivity index is 2.60. The molecule has 6 heteroatoms. The predicted molar refractivity (Wildman–Crippen MR) is 74.3 cm³/mol. The van der Waals surface area contributed by atoms with Crippen LogP contribution in [0.4, 0.5) is 5.69 Å². The van der Waals surface area contributed by atoms with Crippen LogP contribution in [-0.4, -0.2) is 37.3 Å². The molecule has 0 aliphatic carbocycles. The van der Waals surface area contributed by atoms with Crippen LogP contribution in [0.1, 0.15) is 0 Å². The Hall–Kier alpha value is -1.92. The minimum atomic E-state index is -0.168. The first kappa shape index (κ1) is 15.1. The summed E-state index contributed by atoms with van der Waals surface area (Å²) in [5, 5.41) is 5.61. The Morgan fingerprint density at radius 1 is 1.53 bits per heavy atom. The zero-order valence-electron chi connectivity index (χ0n) is 11.0. The van der Waals surface area contributed by atoms with Gasteiger partial charge in [-0.05, 0) is 6.07 Å². The van der Waals surface area contributed by atoms with Crippen LogP contribution in [0.3, 0.4) is 0 Å². The van der Waals surface area contributed by atoms with Crippen LogP contribution >= 0.6 is 0 Å². The van der Waals surface area contributed by atoms with Gasteiger partial charge in [0, 0.05) is 32.5 Å². The van der Waals surface area contributed by atoms with E-state index in [1.54, 1.807) is 25.4 Å². The molecular formula is C13H19N3O3. The number of hydrogen-bond donors (Lipinski definition) is 2. The average Bonchev–Trinajstić information content (AvgIpc) is 2.39. The van der Waals surface area contributed by atoms with E-state index in [9.17, 15) is 9.59 Å². The van der Waals surface area contributed by atoms with Gasteiger partial charge in [0.1, 0.15) is 0 Å². The number of rotatable bonds is 8. The lowest BCUT2D eigenvalue weighted by Gasteiger charge is -2.09. The van der Waals surface area contributed by atoms with E-state index in [0.29, 0.717) is 25.4 Å². The number of methoxy groups -OCH3 is 1. The van der Waals surface area contributed by atoms with Gasteiger partial charge in [-0.15, -0.1) is 6.58 Å². The maximum atomic E-state index is 11.6. The molecule has 0 aliphatic rings. The van der Waals surface area contributed by atoms with Crippen molar-refractivity contribution in [2.75, 3.05) is 32.1 Å². The van der Waals surface area contributed by atoms with Gasteiger partial charge >= 0.3 is 0 Å². The lowest BCUT2D eigenvalue weighted by molar-refractivity contribution is -0.115. The van der Waals surface area contributed by atoms with Crippen molar-refractivity contribution in [3.8, 4) is 0 Å². The van der Waals surface area contributed by atoms with Crippen molar-refractivity contribution in [1.82, 2.24) is 9.88 Å². The molecule has 0 unspecified atom stereocenters. The minimum absolute atomic E-state index is 0.125. The Bertz CT molecular complexity index is 482. The number of carbonyl (C=O) groups excluding carboxylic acids is 1. The Morgan fingerprint density at radius 2 is 2.32 bits per heavy atom. The van der Waals surface area contributed by atoms with Crippen LogP contribution < -0.4 is 16.2 Å². The van der Waals surface area contributed by atoms with Crippen molar-refractivity contribution < 1.29 is 9.53 Å². The normalized spacial score (nSPS) is 10.2. The zero-order chi connectivity index (χ0) is 14.1. The summed E-state index contributed by atoms with van der Waals surface area (Å²) in [6.45, 7) is 5.21. The minimum Gasteiger partial charge on any atom is -0.383 e. The highest BCUT2D eigenvalue weighted by Crippen LogP contribution is 2.02. The van der Waals surface area contributed by atoms with Crippen LogP contribution in [0.25, 0.3) is 0 Å². The van der Waals surface area contributed by atoms with Gasteiger partial charge in [0.25, 0.3) is 5.56 Å². The molecule has 1 amide bonds. The summed E-state index contributed by atoms with van der Waals surface area (Å²) in [5.74, 6) is -0.168. The first-order chi connectivity index (χ1) is 9.17. The van der Waals surface area contributed by atoms with E-state index >= 15 is 0 Å². The maximum Gasteiger partial charge on any atom is 0.250 e. The number of anilines is 1. The molecule has 1 heterocycles. The van der Waals surface area contributed by atoms with Gasteiger partial charge in [-0.3, -0.25) is 9.59 Å². The fraction of sp³-hybridized carbons (Fsp3) is 0.385. The lowest BCUT2D eigenvalue weighted by Crippen LogP contribution is -2.29. The van der Waals surface area contributed by atoms with Crippen LogP contribution in [0.5, 0.6) is 0 Å². The Morgan fingerprint density at radius 3 is 3.00 bits per heavy atom. The standard InChI is InChI=1S/C13H19N3O3/c1-3-6-14-9-12(17)15-11-4-5-13(18)16(10-11)7-8-19-2/h3-5,10,14H,1,6-9H2,2H3,(H,15,17). The van der Waals surface area contributed by atoms with Gasteiger partial charge in [-0.2, -0.15) is 0 Å². The van der Waals surface area contributed by atoms with E-state index in [1.807, 2.05) is 0 Å². The van der Waals surface area contributed by atoms with Crippen LogP contribution in [0, 0.1) is 0 Å². The van der Waals surface area contributed by atoms with Crippen molar-refractivity contribution in [3.63, 3.8) is 0 Å². The highest BCUT2D eigenvalue weighted by Gasteiger charge is 2.03. The van der Waals surface area contributed by atoms with Gasteiger partial charge in [-0.25, -0.2) is 0 Å². The number of amides is 1. The molecule has 6 nitrogen and oxygen atoms in total. The molecule has 104 valence electrons. The largest absolute Gasteiger partial charge is 0.383 e. The summed E-state index contributed by atoms with van der Waals surface area (Å²) in [4.78, 5) is 23.1. The molecule has 0 fully saturated rings. The molecule has 0 saturated carbocycles. The van der Waals surface area contributed by atoms with Crippen molar-refractivity contribution in [2.45, 2.75) is 6.54 Å². The molecule has 0 aliphatic heterocycles. The third-order valence-electron chi connectivity index (χ3n) is 2.38. The van der Waals surface area contributed by atoms with Crippen LogP contribution in [0.2, 0.25) is 0 Å². The van der Waals surface area contributed by atoms with Crippen molar-refractivity contribution >= 4 is 11.6 Å². The summed E-state index contributed by atoms with van der Waals surface area (Å²) < 4.78 is 6.42. The number of aromatic nitrogens is 1. The number of hydrogen-bond acceptors (Lipinski definition) is 4. The third-order valence-corrected chi connectivity index (χ3v) is 2.38. The maximum absolute atomic E-state index is 11.6. The lowest BCUT2D eigenvalue weighted by atomic mass is 10.4.